The molecule has 0 radical (unpaired) electrons. The molecule has 19 heavy (non-hydrogen) atoms. The van der Waals surface area contributed by atoms with E-state index in [9.17, 15) is 13.2 Å². The van der Waals surface area contributed by atoms with Crippen molar-refractivity contribution < 1.29 is 13.2 Å². The van der Waals surface area contributed by atoms with Crippen LogP contribution in [0.3, 0.4) is 0 Å². The Labute approximate surface area is 125 Å². The van der Waals surface area contributed by atoms with Crippen LogP contribution in [0.5, 0.6) is 0 Å². The number of unbranched alkanes of at least 4 members (excludes halogenated alkanes) is 6. The van der Waals surface area contributed by atoms with Crippen LogP contribution in [0.15, 0.2) is 0 Å². The molecule has 4 nitrogen and oxygen atoms in total. The molecule has 0 aliphatic carbocycles. The molecule has 1 aliphatic heterocycles. The van der Waals surface area contributed by atoms with Crippen LogP contribution < -0.4 is 0 Å². The van der Waals surface area contributed by atoms with Gasteiger partial charge in [0.15, 0.2) is 4.75 Å². The fourth-order valence-corrected chi connectivity index (χ4v) is 4.17. The summed E-state index contributed by atoms with van der Waals surface area (Å²) < 4.78 is 23.5. The summed E-state index contributed by atoms with van der Waals surface area (Å²) in [7, 11) is -3.38. The van der Waals surface area contributed by atoms with Gasteiger partial charge in [-0.1, -0.05) is 48.0 Å². The van der Waals surface area contributed by atoms with Crippen molar-refractivity contribution in [3.05, 3.63) is 0 Å². The molecule has 0 aromatic carbocycles. The Morgan fingerprint density at radius 3 is 1.95 bits per heavy atom. The van der Waals surface area contributed by atoms with Crippen molar-refractivity contribution in [2.75, 3.05) is 11.9 Å². The van der Waals surface area contributed by atoms with E-state index in [-0.39, 0.29) is 5.91 Å². The number of rotatable bonds is 9. The van der Waals surface area contributed by atoms with Gasteiger partial charge in [-0.25, -0.2) is 12.7 Å². The fraction of sp³-hybridized carbons (Fsp3) is 0.923. The summed E-state index contributed by atoms with van der Waals surface area (Å²) in [6.07, 6.45) is 7.79. The Bertz CT molecular complexity index is 406. The van der Waals surface area contributed by atoms with Crippen molar-refractivity contribution in [2.45, 2.75) is 63.5 Å². The Morgan fingerprint density at radius 2 is 1.47 bits per heavy atom. The summed E-state index contributed by atoms with van der Waals surface area (Å²) >= 11 is 3.40. The van der Waals surface area contributed by atoms with Gasteiger partial charge in [0.25, 0.3) is 15.9 Å². The first-order chi connectivity index (χ1) is 8.85. The van der Waals surface area contributed by atoms with Crippen LogP contribution in [-0.4, -0.2) is 35.3 Å². The number of hydrogen-bond donors (Lipinski definition) is 0. The molecule has 1 heterocycles. The van der Waals surface area contributed by atoms with Crippen molar-refractivity contribution in [1.29, 1.82) is 0 Å². The largest absolute Gasteiger partial charge is 0.272 e. The highest BCUT2D eigenvalue weighted by Crippen LogP contribution is 2.34. The predicted molar refractivity (Wildman–Crippen MR) is 80.8 cm³/mol. The van der Waals surface area contributed by atoms with E-state index in [0.717, 1.165) is 28.9 Å². The Morgan fingerprint density at radius 1 is 1.00 bits per heavy atom. The van der Waals surface area contributed by atoms with E-state index in [1.54, 1.807) is 0 Å². The van der Waals surface area contributed by atoms with Crippen LogP contribution in [0.1, 0.15) is 58.8 Å². The Balaban J connectivity index is 2.13. The molecule has 0 aromatic heterocycles. The first kappa shape index (κ1) is 17.0. The average Bonchev–Trinajstić information content (AvgIpc) is 2.35. The summed E-state index contributed by atoms with van der Waals surface area (Å²) in [5.74, 6) is -0.259. The highest BCUT2D eigenvalue weighted by Gasteiger charge is 2.59. The van der Waals surface area contributed by atoms with Crippen molar-refractivity contribution in [2.24, 2.45) is 0 Å². The zero-order chi connectivity index (χ0) is 14.5. The molecule has 0 bridgehead atoms. The number of nitrogens with zero attached hydrogens (tertiary/aromatic N) is 1. The van der Waals surface area contributed by atoms with Gasteiger partial charge in [-0.15, -0.1) is 0 Å². The SMILES string of the molecule is CC1(C)C(=O)N(CCCCCCCCCBr)S1(=O)=O. The molecular weight excluding hydrogens is 330 g/mol. The number of carbonyl (C=O) groups excluding carboxylic acids is 1. The fourth-order valence-electron chi connectivity index (χ4n) is 2.21. The molecule has 0 aromatic rings. The molecule has 0 spiro atoms. The van der Waals surface area contributed by atoms with E-state index < -0.39 is 14.8 Å². The molecule has 1 amide bonds. The quantitative estimate of drug-likeness (QED) is 0.472. The molecule has 6 heteroatoms. The Hall–Kier alpha value is -0.100. The number of halogens is 1. The third kappa shape index (κ3) is 3.72. The zero-order valence-electron chi connectivity index (χ0n) is 11.8. The van der Waals surface area contributed by atoms with Crippen molar-refractivity contribution in [3.8, 4) is 0 Å². The van der Waals surface area contributed by atoms with Gasteiger partial charge in [0, 0.05) is 11.9 Å². The lowest BCUT2D eigenvalue weighted by atomic mass is 10.1. The van der Waals surface area contributed by atoms with Crippen LogP contribution in [0.2, 0.25) is 0 Å². The lowest BCUT2D eigenvalue weighted by Gasteiger charge is -2.43. The predicted octanol–water partition coefficient (Wildman–Crippen LogP) is 3.06. The van der Waals surface area contributed by atoms with E-state index >= 15 is 0 Å². The molecule has 0 unspecified atom stereocenters. The molecule has 1 aliphatic rings. The lowest BCUT2D eigenvalue weighted by molar-refractivity contribution is -0.132. The average molecular weight is 354 g/mol. The minimum Gasteiger partial charge on any atom is -0.272 e. The normalized spacial score (nSPS) is 20.4. The van der Waals surface area contributed by atoms with Gasteiger partial charge in [-0.2, -0.15) is 0 Å². The molecule has 112 valence electrons. The molecule has 0 atom stereocenters. The standard InChI is InChI=1S/C13H24BrNO3S/c1-13(2)12(16)15(19(13,17)18)11-9-7-5-3-4-6-8-10-14/h3-11H2,1-2H3. The van der Waals surface area contributed by atoms with E-state index in [2.05, 4.69) is 15.9 Å². The maximum Gasteiger partial charge on any atom is 0.258 e. The molecule has 1 fully saturated rings. The first-order valence-corrected chi connectivity index (χ1v) is 9.54. The highest BCUT2D eigenvalue weighted by atomic mass is 79.9. The number of amides is 1. The smallest absolute Gasteiger partial charge is 0.258 e. The van der Waals surface area contributed by atoms with Crippen molar-refractivity contribution in [3.63, 3.8) is 0 Å². The molecule has 0 N–H and O–H groups in total. The summed E-state index contributed by atoms with van der Waals surface area (Å²) in [6, 6.07) is 0. The van der Waals surface area contributed by atoms with E-state index in [1.807, 2.05) is 0 Å². The van der Waals surface area contributed by atoms with Gasteiger partial charge in [-0.3, -0.25) is 4.79 Å². The molecule has 1 rings (SSSR count). The topological polar surface area (TPSA) is 54.5 Å². The highest BCUT2D eigenvalue weighted by molar-refractivity contribution is 9.09. The van der Waals surface area contributed by atoms with Crippen LogP contribution in [-0.2, 0) is 14.8 Å². The van der Waals surface area contributed by atoms with Gasteiger partial charge < -0.3 is 0 Å². The van der Waals surface area contributed by atoms with Gasteiger partial charge in [0.05, 0.1) is 0 Å². The summed E-state index contributed by atoms with van der Waals surface area (Å²) in [6.45, 7) is 3.31. The van der Waals surface area contributed by atoms with E-state index in [4.69, 9.17) is 0 Å². The number of hydrogen-bond acceptors (Lipinski definition) is 3. The van der Waals surface area contributed by atoms with Crippen molar-refractivity contribution in [1.82, 2.24) is 4.31 Å². The van der Waals surface area contributed by atoms with Gasteiger partial charge in [0.2, 0.25) is 0 Å². The third-order valence-corrected chi connectivity index (χ3v) is 6.63. The minimum atomic E-state index is -3.38. The molecule has 1 saturated heterocycles. The second kappa shape index (κ2) is 7.07. The van der Waals surface area contributed by atoms with E-state index in [1.165, 1.54) is 39.5 Å². The lowest BCUT2D eigenvalue weighted by Crippen LogP contribution is -2.67. The summed E-state index contributed by atoms with van der Waals surface area (Å²) in [5, 5.41) is 1.07. The number of sulfonamides is 1. The maximum absolute atomic E-state index is 11.8. The second-order valence-electron chi connectivity index (χ2n) is 5.56. The second-order valence-corrected chi connectivity index (χ2v) is 8.76. The van der Waals surface area contributed by atoms with Crippen LogP contribution >= 0.6 is 15.9 Å². The molecule has 0 saturated carbocycles. The van der Waals surface area contributed by atoms with Gasteiger partial charge >= 0.3 is 0 Å². The Kier molecular flexibility index (Phi) is 6.30. The van der Waals surface area contributed by atoms with Gasteiger partial charge in [0.1, 0.15) is 0 Å². The minimum absolute atomic E-state index is 0.259. The van der Waals surface area contributed by atoms with Crippen LogP contribution in [0, 0.1) is 0 Å². The summed E-state index contributed by atoms with van der Waals surface area (Å²) in [5.41, 5.74) is 0. The zero-order valence-corrected chi connectivity index (χ0v) is 14.2. The van der Waals surface area contributed by atoms with Crippen LogP contribution in [0.4, 0.5) is 0 Å². The summed E-state index contributed by atoms with van der Waals surface area (Å²) in [4.78, 5) is 11.7. The van der Waals surface area contributed by atoms with Crippen LogP contribution in [0.25, 0.3) is 0 Å². The van der Waals surface area contributed by atoms with Crippen molar-refractivity contribution >= 4 is 31.9 Å². The number of alkyl halides is 1. The number of carbonyl (C=O) groups is 1. The van der Waals surface area contributed by atoms with E-state index in [0.29, 0.717) is 6.54 Å². The monoisotopic (exact) mass is 353 g/mol. The third-order valence-electron chi connectivity index (χ3n) is 3.67. The maximum atomic E-state index is 11.8. The molecular formula is C13H24BrNO3S. The first-order valence-electron chi connectivity index (χ1n) is 6.98. The van der Waals surface area contributed by atoms with Gasteiger partial charge in [-0.05, 0) is 26.7 Å².